The monoisotopic (exact) mass is 299 g/mol. The fourth-order valence-corrected chi connectivity index (χ4v) is 2.51. The molecule has 0 bridgehead atoms. The Hall–Kier alpha value is -0.580. The van der Waals surface area contributed by atoms with Crippen molar-refractivity contribution in [3.63, 3.8) is 0 Å². The van der Waals surface area contributed by atoms with Gasteiger partial charge in [0.2, 0.25) is 0 Å². The average Bonchev–Trinajstić information content (AvgIpc) is 2.76. The number of fused-ring (bicyclic) bond motifs is 1. The second-order valence-corrected chi connectivity index (χ2v) is 4.97. The smallest absolute Gasteiger partial charge is 0.128 e. The van der Waals surface area contributed by atoms with E-state index in [1.807, 2.05) is 0 Å². The molecule has 0 aromatic heterocycles. The van der Waals surface area contributed by atoms with Gasteiger partial charge in [0.05, 0.1) is 19.8 Å². The largest absolute Gasteiger partial charge is 0.493 e. The minimum absolute atomic E-state index is 0.618. The van der Waals surface area contributed by atoms with Crippen molar-refractivity contribution in [2.24, 2.45) is 0 Å². The number of halogens is 1. The molecule has 0 radical (unpaired) electrons. The predicted molar refractivity (Wildman–Crippen MR) is 71.5 cm³/mol. The van der Waals surface area contributed by atoms with Crippen molar-refractivity contribution < 1.29 is 9.47 Å². The topological polar surface area (TPSA) is 30.5 Å². The molecule has 1 N–H and O–H groups in total. The molecule has 1 aliphatic heterocycles. The minimum Gasteiger partial charge on any atom is -0.493 e. The van der Waals surface area contributed by atoms with Gasteiger partial charge in [-0.1, -0.05) is 22.9 Å². The van der Waals surface area contributed by atoms with Crippen molar-refractivity contribution in [3.8, 4) is 5.75 Å². The van der Waals surface area contributed by atoms with E-state index < -0.39 is 0 Å². The van der Waals surface area contributed by atoms with Crippen LogP contribution in [0.5, 0.6) is 5.75 Å². The van der Waals surface area contributed by atoms with Gasteiger partial charge in [-0.25, -0.2) is 0 Å². The molecule has 17 heavy (non-hydrogen) atoms. The third-order valence-corrected chi connectivity index (χ3v) is 3.21. The van der Waals surface area contributed by atoms with Crippen molar-refractivity contribution in [3.05, 3.63) is 27.7 Å². The molecule has 0 unspecified atom stereocenters. The van der Waals surface area contributed by atoms with Gasteiger partial charge in [-0.2, -0.15) is 0 Å². The lowest BCUT2D eigenvalue weighted by Gasteiger charge is -2.10. The van der Waals surface area contributed by atoms with Crippen LogP contribution in [0.2, 0.25) is 0 Å². The maximum Gasteiger partial charge on any atom is 0.128 e. The molecule has 1 aromatic carbocycles. The average molecular weight is 300 g/mol. The highest BCUT2D eigenvalue weighted by atomic mass is 79.9. The fraction of sp³-hybridized carbons (Fsp3) is 0.538. The maximum atomic E-state index is 5.65. The third kappa shape index (κ3) is 3.44. The molecule has 0 spiro atoms. The van der Waals surface area contributed by atoms with E-state index in [-0.39, 0.29) is 0 Å². The first-order valence-corrected chi connectivity index (χ1v) is 6.83. The van der Waals surface area contributed by atoms with Gasteiger partial charge in [0.15, 0.2) is 0 Å². The van der Waals surface area contributed by atoms with Gasteiger partial charge < -0.3 is 14.8 Å². The molecule has 0 fully saturated rings. The van der Waals surface area contributed by atoms with Crippen molar-refractivity contribution in [2.45, 2.75) is 20.0 Å². The van der Waals surface area contributed by atoms with Gasteiger partial charge >= 0.3 is 0 Å². The summed E-state index contributed by atoms with van der Waals surface area (Å²) < 4.78 is 12.4. The quantitative estimate of drug-likeness (QED) is 0.819. The molecule has 0 amide bonds. The minimum atomic E-state index is 0.618. The highest BCUT2D eigenvalue weighted by Gasteiger charge is 2.17. The summed E-state index contributed by atoms with van der Waals surface area (Å²) in [6.07, 6.45) is 0.999. The van der Waals surface area contributed by atoms with E-state index in [0.29, 0.717) is 6.61 Å². The molecule has 0 saturated carbocycles. The zero-order valence-electron chi connectivity index (χ0n) is 10.1. The number of benzene rings is 1. The zero-order chi connectivity index (χ0) is 12.1. The second-order valence-electron chi connectivity index (χ2n) is 4.06. The Bertz CT molecular complexity index is 382. The third-order valence-electron chi connectivity index (χ3n) is 2.76. The lowest BCUT2D eigenvalue weighted by atomic mass is 10.1. The number of hydrogen-bond donors (Lipinski definition) is 1. The van der Waals surface area contributed by atoms with E-state index in [9.17, 15) is 0 Å². The molecule has 2 rings (SSSR count). The predicted octanol–water partition coefficient (Wildman–Crippen LogP) is 2.51. The van der Waals surface area contributed by atoms with Crippen LogP contribution in [-0.4, -0.2) is 26.3 Å². The van der Waals surface area contributed by atoms with Gasteiger partial charge in [-0.3, -0.25) is 0 Å². The Morgan fingerprint density at radius 3 is 3.18 bits per heavy atom. The van der Waals surface area contributed by atoms with Gasteiger partial charge in [0, 0.05) is 23.0 Å². The highest BCUT2D eigenvalue weighted by Crippen LogP contribution is 2.33. The van der Waals surface area contributed by atoms with E-state index >= 15 is 0 Å². The van der Waals surface area contributed by atoms with Crippen LogP contribution in [0.1, 0.15) is 18.1 Å². The Labute approximate surface area is 111 Å². The van der Waals surface area contributed by atoms with Crippen LogP contribution in [0.3, 0.4) is 0 Å². The van der Waals surface area contributed by atoms with Gasteiger partial charge in [0.1, 0.15) is 5.75 Å². The summed E-state index contributed by atoms with van der Waals surface area (Å²) in [5, 5.41) is 3.23. The van der Waals surface area contributed by atoms with Crippen LogP contribution in [0, 0.1) is 0 Å². The number of ether oxygens (including phenoxy) is 2. The summed E-state index contributed by atoms with van der Waals surface area (Å²) in [4.78, 5) is 0. The van der Waals surface area contributed by atoms with Crippen molar-refractivity contribution in [1.82, 2.24) is 5.32 Å². The van der Waals surface area contributed by atoms with E-state index in [4.69, 9.17) is 9.47 Å². The molecule has 3 nitrogen and oxygen atoms in total. The maximum absolute atomic E-state index is 5.65. The Balaban J connectivity index is 1.92. The summed E-state index contributed by atoms with van der Waals surface area (Å²) >= 11 is 3.53. The van der Waals surface area contributed by atoms with Crippen LogP contribution >= 0.6 is 15.9 Å². The molecule has 1 aliphatic rings. The summed E-state index contributed by atoms with van der Waals surface area (Å²) in [5.74, 6) is 1.02. The molecule has 4 heteroatoms. The number of likely N-dealkylation sites (N-methyl/N-ethyl adjacent to an activating group) is 1. The highest BCUT2D eigenvalue weighted by molar-refractivity contribution is 9.10. The van der Waals surface area contributed by atoms with E-state index in [2.05, 4.69) is 40.3 Å². The van der Waals surface area contributed by atoms with E-state index in [1.165, 1.54) is 5.56 Å². The molecule has 1 heterocycles. The Kier molecular flexibility index (Phi) is 4.83. The summed E-state index contributed by atoms with van der Waals surface area (Å²) in [7, 11) is 0. The van der Waals surface area contributed by atoms with Crippen LogP contribution in [0.4, 0.5) is 0 Å². The standard InChI is InChI=1S/C13H18BrNO2/c1-2-15-4-6-16-9-11-8-12(14)7-10-3-5-17-13(10)11/h7-8,15H,2-6,9H2,1H3. The summed E-state index contributed by atoms with van der Waals surface area (Å²) in [6, 6.07) is 4.21. The first-order chi connectivity index (χ1) is 8.31. The molecule has 0 aliphatic carbocycles. The fourth-order valence-electron chi connectivity index (χ4n) is 1.96. The van der Waals surface area contributed by atoms with Crippen molar-refractivity contribution in [1.29, 1.82) is 0 Å². The SMILES string of the molecule is CCNCCOCc1cc(Br)cc2c1OCC2. The van der Waals surface area contributed by atoms with Crippen LogP contribution in [0.15, 0.2) is 16.6 Å². The first kappa shape index (κ1) is 12.9. The second kappa shape index (κ2) is 6.38. The Morgan fingerprint density at radius 1 is 1.47 bits per heavy atom. The molecule has 0 saturated heterocycles. The van der Waals surface area contributed by atoms with E-state index in [1.54, 1.807) is 0 Å². The number of hydrogen-bond acceptors (Lipinski definition) is 3. The normalized spacial score (nSPS) is 13.5. The van der Waals surface area contributed by atoms with Crippen LogP contribution < -0.4 is 10.1 Å². The summed E-state index contributed by atoms with van der Waals surface area (Å²) in [6.45, 7) is 6.11. The van der Waals surface area contributed by atoms with Crippen LogP contribution in [0.25, 0.3) is 0 Å². The lowest BCUT2D eigenvalue weighted by molar-refractivity contribution is 0.121. The van der Waals surface area contributed by atoms with Gasteiger partial charge in [0.25, 0.3) is 0 Å². The van der Waals surface area contributed by atoms with E-state index in [0.717, 1.165) is 48.5 Å². The van der Waals surface area contributed by atoms with Crippen molar-refractivity contribution in [2.75, 3.05) is 26.3 Å². The molecule has 94 valence electrons. The molecule has 0 atom stereocenters. The van der Waals surface area contributed by atoms with Gasteiger partial charge in [-0.05, 0) is 24.2 Å². The first-order valence-electron chi connectivity index (χ1n) is 6.04. The van der Waals surface area contributed by atoms with Gasteiger partial charge in [-0.15, -0.1) is 0 Å². The lowest BCUT2D eigenvalue weighted by Crippen LogP contribution is -2.18. The zero-order valence-corrected chi connectivity index (χ0v) is 11.7. The molecular weight excluding hydrogens is 282 g/mol. The molecule has 1 aromatic rings. The number of rotatable bonds is 6. The summed E-state index contributed by atoms with van der Waals surface area (Å²) in [5.41, 5.74) is 2.42. The molecular formula is C13H18BrNO2. The number of nitrogens with one attached hydrogen (secondary N) is 1. The van der Waals surface area contributed by atoms with Crippen molar-refractivity contribution >= 4 is 15.9 Å². The Morgan fingerprint density at radius 2 is 2.35 bits per heavy atom. The van der Waals surface area contributed by atoms with Crippen LogP contribution in [-0.2, 0) is 17.8 Å².